The van der Waals surface area contributed by atoms with Gasteiger partial charge < -0.3 is 20.1 Å². The summed E-state index contributed by atoms with van der Waals surface area (Å²) in [5.41, 5.74) is 0. The highest BCUT2D eigenvalue weighted by Crippen LogP contribution is 2.26. The molecule has 0 aromatic carbocycles. The molecule has 2 unspecified atom stereocenters. The van der Waals surface area contributed by atoms with Crippen molar-refractivity contribution in [2.45, 2.75) is 51.7 Å². The molecule has 1 aliphatic heterocycles. The average Bonchev–Trinajstić information content (AvgIpc) is 2.76. The number of ether oxygens (including phenoxy) is 1. The number of rotatable bonds is 4. The zero-order chi connectivity index (χ0) is 15.4. The summed E-state index contributed by atoms with van der Waals surface area (Å²) in [6.45, 7) is 5.39. The molecule has 20 heavy (non-hydrogen) atoms. The standard InChI is InChI=1S/C13H22N2O5/c1-7(2)10(14-13(19)20-4)11(16)15-8(3)5-6-9(15)12(17)18/h7-10H,5-6H2,1-4H3,(H,14,19)(H,17,18)/t8?,9-,10?/m0/s1. The van der Waals surface area contributed by atoms with Gasteiger partial charge in [0.25, 0.3) is 0 Å². The first-order valence-electron chi connectivity index (χ1n) is 6.69. The molecule has 2 amide bonds. The lowest BCUT2D eigenvalue weighted by Gasteiger charge is -2.31. The largest absolute Gasteiger partial charge is 0.480 e. The van der Waals surface area contributed by atoms with Crippen molar-refractivity contribution in [3.05, 3.63) is 0 Å². The fourth-order valence-corrected chi connectivity index (χ4v) is 2.46. The summed E-state index contributed by atoms with van der Waals surface area (Å²) >= 11 is 0. The molecule has 0 radical (unpaired) electrons. The van der Waals surface area contributed by atoms with Gasteiger partial charge in [-0.05, 0) is 25.7 Å². The molecule has 0 spiro atoms. The average molecular weight is 286 g/mol. The van der Waals surface area contributed by atoms with Gasteiger partial charge >= 0.3 is 12.1 Å². The molecule has 0 aromatic rings. The Balaban J connectivity index is 2.92. The Bertz CT molecular complexity index is 396. The zero-order valence-electron chi connectivity index (χ0n) is 12.3. The van der Waals surface area contributed by atoms with Crippen LogP contribution in [0.1, 0.15) is 33.6 Å². The molecule has 1 aliphatic rings. The Morgan fingerprint density at radius 1 is 1.30 bits per heavy atom. The van der Waals surface area contributed by atoms with E-state index < -0.39 is 24.1 Å². The molecule has 0 aliphatic carbocycles. The molecular weight excluding hydrogens is 264 g/mol. The van der Waals surface area contributed by atoms with E-state index in [1.165, 1.54) is 12.0 Å². The second-order valence-corrected chi connectivity index (χ2v) is 5.38. The van der Waals surface area contributed by atoms with Gasteiger partial charge in [0.15, 0.2) is 0 Å². The van der Waals surface area contributed by atoms with Crippen molar-refractivity contribution in [2.75, 3.05) is 7.11 Å². The number of alkyl carbamates (subject to hydrolysis) is 1. The Morgan fingerprint density at radius 3 is 2.35 bits per heavy atom. The summed E-state index contributed by atoms with van der Waals surface area (Å²) in [7, 11) is 1.22. The quantitative estimate of drug-likeness (QED) is 0.798. The van der Waals surface area contributed by atoms with Crippen molar-refractivity contribution in [1.29, 1.82) is 0 Å². The minimum absolute atomic E-state index is 0.149. The van der Waals surface area contributed by atoms with E-state index in [2.05, 4.69) is 10.1 Å². The van der Waals surface area contributed by atoms with Crippen LogP contribution in [-0.2, 0) is 14.3 Å². The third-order valence-corrected chi connectivity index (χ3v) is 3.60. The number of aliphatic carboxylic acids is 1. The predicted octanol–water partition coefficient (Wildman–Crippen LogP) is 0.831. The fourth-order valence-electron chi connectivity index (χ4n) is 2.46. The van der Waals surface area contributed by atoms with Crippen molar-refractivity contribution in [3.63, 3.8) is 0 Å². The molecule has 0 saturated carbocycles. The third-order valence-electron chi connectivity index (χ3n) is 3.60. The highest BCUT2D eigenvalue weighted by Gasteiger charge is 2.42. The lowest BCUT2D eigenvalue weighted by molar-refractivity contribution is -0.150. The minimum atomic E-state index is -1.01. The summed E-state index contributed by atoms with van der Waals surface area (Å²) < 4.78 is 4.51. The third kappa shape index (κ3) is 3.40. The molecule has 114 valence electrons. The highest BCUT2D eigenvalue weighted by molar-refractivity contribution is 5.90. The maximum Gasteiger partial charge on any atom is 0.407 e. The number of carbonyl (C=O) groups is 3. The lowest BCUT2D eigenvalue weighted by Crippen LogP contribution is -2.55. The van der Waals surface area contributed by atoms with E-state index >= 15 is 0 Å². The van der Waals surface area contributed by atoms with Crippen LogP contribution in [0, 0.1) is 5.92 Å². The maximum atomic E-state index is 12.6. The van der Waals surface area contributed by atoms with Gasteiger partial charge in [0, 0.05) is 6.04 Å². The monoisotopic (exact) mass is 286 g/mol. The summed E-state index contributed by atoms with van der Waals surface area (Å²) in [4.78, 5) is 36.5. The van der Waals surface area contributed by atoms with Gasteiger partial charge in [-0.3, -0.25) is 4.79 Å². The van der Waals surface area contributed by atoms with E-state index in [0.29, 0.717) is 12.8 Å². The van der Waals surface area contributed by atoms with Gasteiger partial charge in [0.1, 0.15) is 12.1 Å². The SMILES string of the molecule is COC(=O)NC(C(=O)N1C(C)CC[C@H]1C(=O)O)C(C)C. The van der Waals surface area contributed by atoms with E-state index in [9.17, 15) is 19.5 Å². The van der Waals surface area contributed by atoms with Crippen molar-refractivity contribution in [2.24, 2.45) is 5.92 Å². The molecule has 1 fully saturated rings. The van der Waals surface area contributed by atoms with Crippen LogP contribution >= 0.6 is 0 Å². The number of hydrogen-bond donors (Lipinski definition) is 2. The molecular formula is C13H22N2O5. The lowest BCUT2D eigenvalue weighted by atomic mass is 10.0. The van der Waals surface area contributed by atoms with E-state index in [1.807, 2.05) is 6.92 Å². The molecule has 7 heteroatoms. The van der Waals surface area contributed by atoms with Crippen molar-refractivity contribution >= 4 is 18.0 Å². The van der Waals surface area contributed by atoms with Crippen LogP contribution in [-0.4, -0.2) is 53.2 Å². The number of nitrogens with zero attached hydrogens (tertiary/aromatic N) is 1. The van der Waals surface area contributed by atoms with Crippen LogP contribution in [0.25, 0.3) is 0 Å². The van der Waals surface area contributed by atoms with Crippen LogP contribution in [0.15, 0.2) is 0 Å². The molecule has 0 aromatic heterocycles. The van der Waals surface area contributed by atoms with Crippen molar-refractivity contribution < 1.29 is 24.2 Å². The first-order chi connectivity index (χ1) is 9.29. The Morgan fingerprint density at radius 2 is 1.90 bits per heavy atom. The summed E-state index contributed by atoms with van der Waals surface area (Å²) in [5, 5.41) is 11.7. The molecule has 7 nitrogen and oxygen atoms in total. The Kier molecular flexibility index (Phi) is 5.35. The van der Waals surface area contributed by atoms with Gasteiger partial charge in [-0.25, -0.2) is 9.59 Å². The molecule has 1 rings (SSSR count). The number of amides is 2. The van der Waals surface area contributed by atoms with Crippen LogP contribution in [0.4, 0.5) is 4.79 Å². The second-order valence-electron chi connectivity index (χ2n) is 5.38. The van der Waals surface area contributed by atoms with Gasteiger partial charge in [0.05, 0.1) is 7.11 Å². The molecule has 2 N–H and O–H groups in total. The molecule has 3 atom stereocenters. The molecule has 1 saturated heterocycles. The normalized spacial score (nSPS) is 23.6. The predicted molar refractivity (Wildman–Crippen MR) is 71.1 cm³/mol. The highest BCUT2D eigenvalue weighted by atomic mass is 16.5. The van der Waals surface area contributed by atoms with Gasteiger partial charge in [-0.15, -0.1) is 0 Å². The molecule has 0 bridgehead atoms. The number of carboxylic acid groups (broad SMARTS) is 1. The van der Waals surface area contributed by atoms with Crippen LogP contribution in [0.2, 0.25) is 0 Å². The number of nitrogens with one attached hydrogen (secondary N) is 1. The smallest absolute Gasteiger partial charge is 0.407 e. The summed E-state index contributed by atoms with van der Waals surface area (Å²) in [6, 6.07) is -1.76. The van der Waals surface area contributed by atoms with Gasteiger partial charge in [0.2, 0.25) is 5.91 Å². The van der Waals surface area contributed by atoms with Gasteiger partial charge in [-0.1, -0.05) is 13.8 Å². The number of hydrogen-bond acceptors (Lipinski definition) is 4. The van der Waals surface area contributed by atoms with E-state index in [4.69, 9.17) is 0 Å². The number of methoxy groups -OCH3 is 1. The minimum Gasteiger partial charge on any atom is -0.480 e. The van der Waals surface area contributed by atoms with Gasteiger partial charge in [-0.2, -0.15) is 0 Å². The Hall–Kier alpha value is -1.79. The van der Waals surface area contributed by atoms with Crippen molar-refractivity contribution in [3.8, 4) is 0 Å². The van der Waals surface area contributed by atoms with E-state index in [-0.39, 0.29) is 17.9 Å². The first-order valence-corrected chi connectivity index (χ1v) is 6.69. The zero-order valence-corrected chi connectivity index (χ0v) is 12.3. The maximum absolute atomic E-state index is 12.6. The topological polar surface area (TPSA) is 95.9 Å². The van der Waals surface area contributed by atoms with E-state index in [1.54, 1.807) is 13.8 Å². The number of likely N-dealkylation sites (tertiary alicyclic amines) is 1. The fraction of sp³-hybridized carbons (Fsp3) is 0.769. The summed E-state index contributed by atoms with van der Waals surface area (Å²) in [6.07, 6.45) is 0.382. The van der Waals surface area contributed by atoms with Crippen LogP contribution in [0.3, 0.4) is 0 Å². The number of carboxylic acids is 1. The first kappa shape index (κ1) is 16.3. The van der Waals surface area contributed by atoms with Crippen LogP contribution in [0.5, 0.6) is 0 Å². The molecule has 1 heterocycles. The number of carbonyl (C=O) groups excluding carboxylic acids is 2. The second kappa shape index (κ2) is 6.58. The Labute approximate surface area is 118 Å². The van der Waals surface area contributed by atoms with Crippen LogP contribution < -0.4 is 5.32 Å². The van der Waals surface area contributed by atoms with Crippen molar-refractivity contribution in [1.82, 2.24) is 10.2 Å². The van der Waals surface area contributed by atoms with E-state index in [0.717, 1.165) is 0 Å². The summed E-state index contributed by atoms with van der Waals surface area (Å²) in [5.74, 6) is -1.55.